The number of hydrogen-bond acceptors (Lipinski definition) is 7. The summed E-state index contributed by atoms with van der Waals surface area (Å²) in [6.07, 6.45) is 4.96. The molecule has 1 aromatic carbocycles. The summed E-state index contributed by atoms with van der Waals surface area (Å²) in [5.41, 5.74) is 3.49. The van der Waals surface area contributed by atoms with E-state index in [2.05, 4.69) is 15.4 Å². The van der Waals surface area contributed by atoms with E-state index in [1.165, 1.54) is 10.9 Å². The Hall–Kier alpha value is -3.89. The molecule has 4 heterocycles. The lowest BCUT2D eigenvalue weighted by atomic mass is 10.0. The van der Waals surface area contributed by atoms with Crippen LogP contribution in [0.25, 0.3) is 33.4 Å². The first-order chi connectivity index (χ1) is 17.0. The highest BCUT2D eigenvalue weighted by atomic mass is 16.3. The molecule has 1 amide bonds. The van der Waals surface area contributed by atoms with Gasteiger partial charge in [-0.3, -0.25) is 18.8 Å². The maximum absolute atomic E-state index is 13.3. The number of aliphatic hydroxyl groups is 1. The molecule has 0 aliphatic carbocycles. The number of nitrogens with zero attached hydrogens (tertiary/aromatic N) is 6. The Morgan fingerprint density at radius 3 is 2.57 bits per heavy atom. The first-order valence-corrected chi connectivity index (χ1v) is 11.6. The Balaban J connectivity index is 1.61. The fourth-order valence-corrected chi connectivity index (χ4v) is 4.27. The lowest BCUT2D eigenvalue weighted by Gasteiger charge is -2.27. The van der Waals surface area contributed by atoms with Gasteiger partial charge >= 0.3 is 0 Å². The molecule has 1 aliphatic heterocycles. The van der Waals surface area contributed by atoms with E-state index in [-0.39, 0.29) is 18.1 Å². The number of nitrogens with one attached hydrogen (secondary N) is 1. The van der Waals surface area contributed by atoms with Gasteiger partial charge in [0.1, 0.15) is 11.2 Å². The van der Waals surface area contributed by atoms with Crippen LogP contribution in [0.4, 0.5) is 0 Å². The highest BCUT2D eigenvalue weighted by Gasteiger charge is 2.20. The molecular formula is C25H27N7O3. The average Bonchev–Trinajstić information content (AvgIpc) is 3.34. The third-order valence-electron chi connectivity index (χ3n) is 6.32. The van der Waals surface area contributed by atoms with E-state index in [4.69, 9.17) is 4.98 Å². The second-order valence-corrected chi connectivity index (χ2v) is 8.76. The molecular weight excluding hydrogens is 446 g/mol. The summed E-state index contributed by atoms with van der Waals surface area (Å²) in [6, 6.07) is 8.60. The molecule has 10 heteroatoms. The zero-order valence-electron chi connectivity index (χ0n) is 19.7. The van der Waals surface area contributed by atoms with Gasteiger partial charge in [-0.1, -0.05) is 12.1 Å². The summed E-state index contributed by atoms with van der Waals surface area (Å²) in [5.74, 6) is 0.00523. The van der Waals surface area contributed by atoms with Crippen molar-refractivity contribution < 1.29 is 9.90 Å². The summed E-state index contributed by atoms with van der Waals surface area (Å²) >= 11 is 0. The number of rotatable bonds is 5. The molecule has 0 radical (unpaired) electrons. The van der Waals surface area contributed by atoms with Crippen LogP contribution in [0.2, 0.25) is 0 Å². The van der Waals surface area contributed by atoms with Gasteiger partial charge in [-0.05, 0) is 25.1 Å². The Kier molecular flexibility index (Phi) is 6.14. The summed E-state index contributed by atoms with van der Waals surface area (Å²) in [6.45, 7) is 4.54. The number of fused-ring (bicyclic) bond motifs is 1. The number of aliphatic hydroxyl groups excluding tert-OH is 1. The minimum Gasteiger partial charge on any atom is -0.394 e. The van der Waals surface area contributed by atoms with E-state index in [0.29, 0.717) is 40.9 Å². The van der Waals surface area contributed by atoms with E-state index in [1.807, 2.05) is 30.3 Å². The Bertz CT molecular complexity index is 1440. The average molecular weight is 474 g/mol. The standard InChI is InChI=1S/C25H27N7O3/c1-16(14-33)32-15-27-23-20(25(32)35)11-21(29-22(23)19-12-28-30(2)13-19)17-3-5-18(6-4-17)24(34)31-9-7-26-8-10-31/h3-6,11-13,15-16,26,33H,7-10,14H2,1-2H3/t16-/m0/s1. The van der Waals surface area contributed by atoms with Crippen molar-refractivity contribution in [2.24, 2.45) is 7.05 Å². The van der Waals surface area contributed by atoms with Gasteiger partial charge in [0.15, 0.2) is 0 Å². The largest absolute Gasteiger partial charge is 0.394 e. The number of aryl methyl sites for hydroxylation is 1. The van der Waals surface area contributed by atoms with Crippen LogP contribution in [0.5, 0.6) is 0 Å². The molecule has 1 atom stereocenters. The van der Waals surface area contributed by atoms with Gasteiger partial charge < -0.3 is 15.3 Å². The molecule has 5 rings (SSSR count). The van der Waals surface area contributed by atoms with E-state index >= 15 is 0 Å². The van der Waals surface area contributed by atoms with Crippen LogP contribution in [-0.4, -0.2) is 73.0 Å². The smallest absolute Gasteiger partial charge is 0.261 e. The van der Waals surface area contributed by atoms with Gasteiger partial charge in [-0.25, -0.2) is 9.97 Å². The highest BCUT2D eigenvalue weighted by Crippen LogP contribution is 2.29. The van der Waals surface area contributed by atoms with E-state index < -0.39 is 6.04 Å². The molecule has 35 heavy (non-hydrogen) atoms. The van der Waals surface area contributed by atoms with Crippen LogP contribution in [0, 0.1) is 0 Å². The SMILES string of the molecule is C[C@@H](CO)n1cnc2c(-c3cnn(C)c3)nc(-c3ccc(C(=O)N4CCNCC4)cc3)cc2c1=O. The zero-order chi connectivity index (χ0) is 24.5. The minimum absolute atomic E-state index is 0.00523. The molecule has 1 aliphatic rings. The van der Waals surface area contributed by atoms with Crippen molar-refractivity contribution in [3.63, 3.8) is 0 Å². The molecule has 180 valence electrons. The number of amides is 1. The first kappa shape index (κ1) is 22.9. The predicted octanol–water partition coefficient (Wildman–Crippen LogP) is 1.46. The van der Waals surface area contributed by atoms with Crippen molar-refractivity contribution in [1.29, 1.82) is 0 Å². The summed E-state index contributed by atoms with van der Waals surface area (Å²) < 4.78 is 3.09. The molecule has 0 spiro atoms. The first-order valence-electron chi connectivity index (χ1n) is 11.6. The number of hydrogen-bond donors (Lipinski definition) is 2. The highest BCUT2D eigenvalue weighted by molar-refractivity contribution is 5.96. The maximum Gasteiger partial charge on any atom is 0.261 e. The van der Waals surface area contributed by atoms with Gasteiger partial charge in [-0.2, -0.15) is 5.10 Å². The van der Waals surface area contributed by atoms with E-state index in [0.717, 1.165) is 24.2 Å². The van der Waals surface area contributed by atoms with Crippen molar-refractivity contribution in [3.05, 3.63) is 65.0 Å². The van der Waals surface area contributed by atoms with Gasteiger partial charge in [0, 0.05) is 56.1 Å². The van der Waals surface area contributed by atoms with Crippen LogP contribution in [0.1, 0.15) is 23.3 Å². The number of carbonyl (C=O) groups is 1. The fraction of sp³-hybridized carbons (Fsp3) is 0.320. The fourth-order valence-electron chi connectivity index (χ4n) is 4.27. The second kappa shape index (κ2) is 9.40. The van der Waals surface area contributed by atoms with Crippen LogP contribution >= 0.6 is 0 Å². The predicted molar refractivity (Wildman–Crippen MR) is 132 cm³/mol. The molecule has 0 unspecified atom stereocenters. The molecule has 1 saturated heterocycles. The molecule has 10 nitrogen and oxygen atoms in total. The molecule has 0 bridgehead atoms. The van der Waals surface area contributed by atoms with Crippen molar-refractivity contribution in [1.82, 2.24) is 34.5 Å². The lowest BCUT2D eigenvalue weighted by Crippen LogP contribution is -2.46. The zero-order valence-corrected chi connectivity index (χ0v) is 19.7. The van der Waals surface area contributed by atoms with Gasteiger partial charge in [0.25, 0.3) is 11.5 Å². The lowest BCUT2D eigenvalue weighted by molar-refractivity contribution is 0.0736. The van der Waals surface area contributed by atoms with Gasteiger partial charge in [0.2, 0.25) is 0 Å². The third-order valence-corrected chi connectivity index (χ3v) is 6.32. The van der Waals surface area contributed by atoms with E-state index in [9.17, 15) is 14.7 Å². The quantitative estimate of drug-likeness (QED) is 0.450. The molecule has 2 N–H and O–H groups in total. The Labute approximate surface area is 201 Å². The molecule has 1 fully saturated rings. The van der Waals surface area contributed by atoms with Crippen LogP contribution in [0.3, 0.4) is 0 Å². The van der Waals surface area contributed by atoms with Gasteiger partial charge in [-0.15, -0.1) is 0 Å². The van der Waals surface area contributed by atoms with Crippen molar-refractivity contribution in [3.8, 4) is 22.5 Å². The maximum atomic E-state index is 13.3. The summed E-state index contributed by atoms with van der Waals surface area (Å²) in [4.78, 5) is 37.4. The normalized spacial score (nSPS) is 14.9. The third kappa shape index (κ3) is 4.33. The number of carbonyl (C=O) groups excluding carboxylic acids is 1. The summed E-state index contributed by atoms with van der Waals surface area (Å²) in [7, 11) is 1.81. The number of benzene rings is 1. The summed E-state index contributed by atoms with van der Waals surface area (Å²) in [5, 5.41) is 17.5. The molecule has 0 saturated carbocycles. The van der Waals surface area contributed by atoms with Gasteiger partial charge in [0.05, 0.1) is 36.3 Å². The van der Waals surface area contributed by atoms with Crippen LogP contribution in [-0.2, 0) is 7.05 Å². The number of pyridine rings is 1. The monoisotopic (exact) mass is 473 g/mol. The van der Waals surface area contributed by atoms with Crippen LogP contribution < -0.4 is 10.9 Å². The Morgan fingerprint density at radius 1 is 1.17 bits per heavy atom. The topological polar surface area (TPSA) is 118 Å². The van der Waals surface area contributed by atoms with Crippen LogP contribution in [0.15, 0.2) is 53.8 Å². The number of aromatic nitrogens is 5. The van der Waals surface area contributed by atoms with Crippen molar-refractivity contribution in [2.45, 2.75) is 13.0 Å². The molecule has 4 aromatic rings. The van der Waals surface area contributed by atoms with Crippen molar-refractivity contribution >= 4 is 16.8 Å². The minimum atomic E-state index is -0.409. The number of piperazine rings is 1. The van der Waals surface area contributed by atoms with Crippen molar-refractivity contribution in [2.75, 3.05) is 32.8 Å². The second-order valence-electron chi connectivity index (χ2n) is 8.76. The Morgan fingerprint density at radius 2 is 1.91 bits per heavy atom. The van der Waals surface area contributed by atoms with E-state index in [1.54, 1.807) is 36.0 Å². The molecule has 3 aromatic heterocycles.